The van der Waals surface area contributed by atoms with E-state index in [9.17, 15) is 14.7 Å². The van der Waals surface area contributed by atoms with Gasteiger partial charge >= 0.3 is 5.97 Å². The number of primary amides is 1. The molecule has 0 saturated carbocycles. The fourth-order valence-corrected chi connectivity index (χ4v) is 5.31. The third-order valence-electron chi connectivity index (χ3n) is 5.79. The van der Waals surface area contributed by atoms with E-state index in [0.29, 0.717) is 11.1 Å². The third-order valence-corrected chi connectivity index (χ3v) is 6.96. The van der Waals surface area contributed by atoms with Crippen molar-refractivity contribution >= 4 is 28.8 Å². The first-order chi connectivity index (χ1) is 14.8. The smallest absolute Gasteiger partial charge is 0.337 e. The molecule has 5 nitrogen and oxygen atoms in total. The number of carbonyl (C=O) groups is 2. The summed E-state index contributed by atoms with van der Waals surface area (Å²) in [5.74, 6) is -1.49. The Bertz CT molecular complexity index is 1070. The molecule has 1 aliphatic carbocycles. The van der Waals surface area contributed by atoms with Crippen molar-refractivity contribution in [3.63, 3.8) is 0 Å². The van der Waals surface area contributed by atoms with Gasteiger partial charge in [-0.15, -0.1) is 11.3 Å². The van der Waals surface area contributed by atoms with Gasteiger partial charge in [-0.2, -0.15) is 0 Å². The van der Waals surface area contributed by atoms with Crippen LogP contribution in [0.25, 0.3) is 16.0 Å². The highest BCUT2D eigenvalue weighted by Crippen LogP contribution is 2.48. The molecule has 1 amide bonds. The van der Waals surface area contributed by atoms with Crippen LogP contribution in [0.15, 0.2) is 30.3 Å². The molecule has 1 aromatic heterocycles. The van der Waals surface area contributed by atoms with Crippen molar-refractivity contribution in [3.05, 3.63) is 51.9 Å². The molecule has 0 spiro atoms. The summed E-state index contributed by atoms with van der Waals surface area (Å²) >= 11 is 1.54. The van der Waals surface area contributed by atoms with Crippen LogP contribution in [0.4, 0.5) is 0 Å². The largest absolute Gasteiger partial charge is 0.479 e. The lowest BCUT2D eigenvalue weighted by molar-refractivity contribution is -0.160. The van der Waals surface area contributed by atoms with Gasteiger partial charge in [0.05, 0.1) is 5.60 Å². The molecule has 1 heterocycles. The van der Waals surface area contributed by atoms with Gasteiger partial charge in [0.25, 0.3) is 0 Å². The normalized spacial score (nSPS) is 17.0. The van der Waals surface area contributed by atoms with Crippen molar-refractivity contribution < 1.29 is 19.4 Å². The number of aliphatic carboxylic acids is 1. The van der Waals surface area contributed by atoms with Gasteiger partial charge in [0, 0.05) is 26.4 Å². The molecule has 2 aromatic rings. The van der Waals surface area contributed by atoms with E-state index in [0.717, 1.165) is 45.7 Å². The minimum Gasteiger partial charge on any atom is -0.479 e. The molecule has 0 aliphatic heterocycles. The molecule has 1 atom stereocenters. The van der Waals surface area contributed by atoms with Gasteiger partial charge < -0.3 is 15.6 Å². The number of ether oxygens (including phenoxy) is 1. The van der Waals surface area contributed by atoms with E-state index in [1.165, 1.54) is 0 Å². The number of thiophene rings is 1. The van der Waals surface area contributed by atoms with Gasteiger partial charge in [-0.1, -0.05) is 32.1 Å². The van der Waals surface area contributed by atoms with Crippen LogP contribution >= 0.6 is 11.3 Å². The molecular formula is C26H33NO4S. The maximum atomic E-state index is 12.4. The number of allylic oxidation sites excluding steroid dienone is 2. The van der Waals surface area contributed by atoms with Gasteiger partial charge in [-0.25, -0.2) is 4.79 Å². The lowest BCUT2D eigenvalue weighted by atomic mass is 9.76. The Hall–Kier alpha value is -2.44. The highest BCUT2D eigenvalue weighted by Gasteiger charge is 2.35. The van der Waals surface area contributed by atoms with Crippen LogP contribution in [-0.2, 0) is 9.53 Å². The molecule has 6 heteroatoms. The number of rotatable bonds is 6. The van der Waals surface area contributed by atoms with Crippen molar-refractivity contribution in [1.82, 2.24) is 0 Å². The zero-order valence-electron chi connectivity index (χ0n) is 19.7. The number of hydrogen-bond donors (Lipinski definition) is 2. The fourth-order valence-electron chi connectivity index (χ4n) is 4.10. The summed E-state index contributed by atoms with van der Waals surface area (Å²) in [6, 6.07) is 7.23. The standard InChI is InChI=1S/C26H33NO4S/c1-15-19(21(24(29)30)31-25(2,3)4)20(16-10-12-26(5,6)13-11-16)22(32-15)17-8-7-9-18(14-17)23(27)28/h7-10,14,21H,11-13H2,1-6H3,(H2,27,28)(H,29,30). The Morgan fingerprint density at radius 3 is 2.47 bits per heavy atom. The number of amides is 1. The van der Waals surface area contributed by atoms with E-state index < -0.39 is 23.6 Å². The number of benzene rings is 1. The molecule has 32 heavy (non-hydrogen) atoms. The summed E-state index contributed by atoms with van der Waals surface area (Å²) in [6.45, 7) is 12.0. The molecule has 0 fully saturated rings. The Labute approximate surface area is 194 Å². The molecule has 0 saturated heterocycles. The Kier molecular flexibility index (Phi) is 6.68. The number of carbonyl (C=O) groups excluding carboxylic acids is 1. The third kappa shape index (κ3) is 5.30. The lowest BCUT2D eigenvalue weighted by Crippen LogP contribution is -2.28. The van der Waals surface area contributed by atoms with Crippen LogP contribution in [0.5, 0.6) is 0 Å². The Morgan fingerprint density at radius 1 is 1.25 bits per heavy atom. The minimum atomic E-state index is -1.08. The second-order valence-electron chi connectivity index (χ2n) is 10.3. The second kappa shape index (κ2) is 8.83. The predicted molar refractivity (Wildman–Crippen MR) is 130 cm³/mol. The number of hydrogen-bond acceptors (Lipinski definition) is 4. The van der Waals surface area contributed by atoms with Gasteiger partial charge in [0.15, 0.2) is 6.10 Å². The maximum Gasteiger partial charge on any atom is 0.337 e. The molecule has 3 N–H and O–H groups in total. The van der Waals surface area contributed by atoms with Crippen molar-refractivity contribution in [1.29, 1.82) is 0 Å². The zero-order valence-corrected chi connectivity index (χ0v) is 20.6. The first kappa shape index (κ1) is 24.2. The van der Waals surface area contributed by atoms with E-state index in [4.69, 9.17) is 10.5 Å². The SMILES string of the molecule is Cc1sc(-c2cccc(C(N)=O)c2)c(C2=CCC(C)(C)CC2)c1C(OC(C)(C)C)C(=O)O. The molecule has 1 unspecified atom stereocenters. The van der Waals surface area contributed by atoms with Crippen LogP contribution in [0, 0.1) is 12.3 Å². The van der Waals surface area contributed by atoms with Gasteiger partial charge in [0.1, 0.15) is 0 Å². The van der Waals surface area contributed by atoms with Gasteiger partial charge in [0.2, 0.25) is 5.91 Å². The summed E-state index contributed by atoms with van der Waals surface area (Å²) in [5.41, 5.74) is 9.20. The topological polar surface area (TPSA) is 89.6 Å². The average Bonchev–Trinajstić information content (AvgIpc) is 3.02. The summed E-state index contributed by atoms with van der Waals surface area (Å²) in [7, 11) is 0. The van der Waals surface area contributed by atoms with Crippen LogP contribution in [0.2, 0.25) is 0 Å². The molecule has 1 aromatic carbocycles. The first-order valence-corrected chi connectivity index (χ1v) is 11.7. The van der Waals surface area contributed by atoms with Gasteiger partial charge in [-0.05, 0) is 75.6 Å². The minimum absolute atomic E-state index is 0.217. The number of aryl methyl sites for hydroxylation is 1. The van der Waals surface area contributed by atoms with Crippen LogP contribution in [0.1, 0.15) is 86.3 Å². The van der Waals surface area contributed by atoms with Crippen molar-refractivity contribution in [2.45, 2.75) is 72.5 Å². The maximum absolute atomic E-state index is 12.4. The number of nitrogens with two attached hydrogens (primary N) is 1. The predicted octanol–water partition coefficient (Wildman–Crippen LogP) is 6.36. The van der Waals surface area contributed by atoms with Crippen LogP contribution in [0.3, 0.4) is 0 Å². The second-order valence-corrected chi connectivity index (χ2v) is 11.5. The molecule has 0 bridgehead atoms. The fraction of sp³-hybridized carbons (Fsp3) is 0.462. The van der Waals surface area contributed by atoms with E-state index in [2.05, 4.69) is 19.9 Å². The highest BCUT2D eigenvalue weighted by atomic mass is 32.1. The summed E-state index contributed by atoms with van der Waals surface area (Å²) in [4.78, 5) is 26.0. The highest BCUT2D eigenvalue weighted by molar-refractivity contribution is 7.16. The number of carboxylic acid groups (broad SMARTS) is 1. The Balaban J connectivity index is 2.26. The lowest BCUT2D eigenvalue weighted by Gasteiger charge is -2.31. The summed E-state index contributed by atoms with van der Waals surface area (Å²) in [5, 5.41) is 10.1. The molecule has 1 aliphatic rings. The molecule has 0 radical (unpaired) electrons. The first-order valence-electron chi connectivity index (χ1n) is 10.9. The van der Waals surface area contributed by atoms with Gasteiger partial charge in [-0.3, -0.25) is 4.79 Å². The number of carboxylic acids is 1. The van der Waals surface area contributed by atoms with Crippen LogP contribution < -0.4 is 5.73 Å². The van der Waals surface area contributed by atoms with Crippen molar-refractivity contribution in [3.8, 4) is 10.4 Å². The molecule has 172 valence electrons. The van der Waals surface area contributed by atoms with Crippen molar-refractivity contribution in [2.75, 3.05) is 0 Å². The quantitative estimate of drug-likeness (QED) is 0.530. The van der Waals surface area contributed by atoms with Crippen molar-refractivity contribution in [2.24, 2.45) is 11.1 Å². The van der Waals surface area contributed by atoms with E-state index in [-0.39, 0.29) is 5.41 Å². The molecular weight excluding hydrogens is 422 g/mol. The van der Waals surface area contributed by atoms with E-state index in [1.54, 1.807) is 23.5 Å². The van der Waals surface area contributed by atoms with E-state index >= 15 is 0 Å². The molecule has 3 rings (SSSR count). The van der Waals surface area contributed by atoms with E-state index in [1.807, 2.05) is 39.8 Å². The van der Waals surface area contributed by atoms with Crippen LogP contribution in [-0.4, -0.2) is 22.6 Å². The Morgan fingerprint density at radius 2 is 1.94 bits per heavy atom. The summed E-state index contributed by atoms with van der Waals surface area (Å²) in [6.07, 6.45) is 3.97. The summed E-state index contributed by atoms with van der Waals surface area (Å²) < 4.78 is 6.06. The monoisotopic (exact) mass is 455 g/mol. The average molecular weight is 456 g/mol. The zero-order chi connectivity index (χ0) is 23.8.